The van der Waals surface area contributed by atoms with Crippen molar-refractivity contribution >= 4 is 21.6 Å². The van der Waals surface area contributed by atoms with Crippen LogP contribution in [-0.2, 0) is 24.2 Å². The molecule has 164 valence electrons. The second-order valence-corrected chi connectivity index (χ2v) is 10.9. The fraction of sp³-hybridized carbons (Fsp3) is 0.500. The molecule has 0 fully saturated rings. The molecule has 0 heterocycles. The third-order valence-corrected chi connectivity index (χ3v) is 7.88. The maximum absolute atomic E-state index is 13.7. The molecule has 1 aromatic carbocycles. The van der Waals surface area contributed by atoms with Crippen LogP contribution in [0.15, 0.2) is 52.0 Å². The van der Waals surface area contributed by atoms with E-state index in [0.717, 1.165) is 11.1 Å². The number of ketones is 1. The van der Waals surface area contributed by atoms with E-state index < -0.39 is 20.5 Å². The summed E-state index contributed by atoms with van der Waals surface area (Å²) in [6.45, 7) is 10.9. The summed E-state index contributed by atoms with van der Waals surface area (Å²) in [6.07, 6.45) is 3.02. The van der Waals surface area contributed by atoms with E-state index in [0.29, 0.717) is 24.0 Å². The van der Waals surface area contributed by atoms with Crippen molar-refractivity contribution in [3.8, 4) is 0 Å². The SMILES string of the molecule is CC(=O)OC/C=C(\C)CC(C1=C(C)C(=O)CCC1(C)C)S(=O)(=O)c1ccc(C)cc1. The molecule has 1 unspecified atom stereocenters. The smallest absolute Gasteiger partial charge is 0.302 e. The predicted molar refractivity (Wildman–Crippen MR) is 118 cm³/mol. The van der Waals surface area contributed by atoms with Crippen molar-refractivity contribution in [2.24, 2.45) is 5.41 Å². The molecule has 1 aliphatic carbocycles. The highest BCUT2D eigenvalue weighted by molar-refractivity contribution is 7.92. The van der Waals surface area contributed by atoms with Crippen molar-refractivity contribution in [3.05, 3.63) is 52.6 Å². The van der Waals surface area contributed by atoms with Gasteiger partial charge in [0.15, 0.2) is 15.6 Å². The topological polar surface area (TPSA) is 77.5 Å². The number of hydrogen-bond donors (Lipinski definition) is 0. The monoisotopic (exact) mass is 432 g/mol. The summed E-state index contributed by atoms with van der Waals surface area (Å²) < 4.78 is 32.5. The Balaban J connectivity index is 2.58. The maximum Gasteiger partial charge on any atom is 0.302 e. The van der Waals surface area contributed by atoms with Crippen molar-refractivity contribution in [3.63, 3.8) is 0 Å². The molecular weight excluding hydrogens is 400 g/mol. The fourth-order valence-electron chi connectivity index (χ4n) is 4.02. The lowest BCUT2D eigenvalue weighted by molar-refractivity contribution is -0.139. The van der Waals surface area contributed by atoms with E-state index in [2.05, 4.69) is 0 Å². The van der Waals surface area contributed by atoms with Gasteiger partial charge in [0, 0.05) is 13.3 Å². The van der Waals surface area contributed by atoms with Gasteiger partial charge in [0.25, 0.3) is 0 Å². The molecular formula is C24H32O5S. The molecule has 1 aromatic rings. The minimum absolute atomic E-state index is 0.00924. The van der Waals surface area contributed by atoms with Crippen molar-refractivity contribution in [2.75, 3.05) is 6.61 Å². The molecule has 1 aliphatic rings. The van der Waals surface area contributed by atoms with E-state index >= 15 is 0 Å². The van der Waals surface area contributed by atoms with E-state index in [1.807, 2.05) is 27.7 Å². The molecule has 0 spiro atoms. The Bertz CT molecular complexity index is 979. The Labute approximate surface area is 180 Å². The minimum Gasteiger partial charge on any atom is -0.462 e. The Morgan fingerprint density at radius 3 is 2.33 bits per heavy atom. The van der Waals surface area contributed by atoms with E-state index in [-0.39, 0.29) is 29.7 Å². The number of aryl methyl sites for hydroxylation is 1. The Kier molecular flexibility index (Phi) is 7.45. The minimum atomic E-state index is -3.74. The molecule has 0 saturated carbocycles. The second kappa shape index (κ2) is 9.29. The first-order valence-corrected chi connectivity index (χ1v) is 11.7. The van der Waals surface area contributed by atoms with E-state index in [9.17, 15) is 18.0 Å². The van der Waals surface area contributed by atoms with Crippen LogP contribution in [0.3, 0.4) is 0 Å². The molecule has 5 nitrogen and oxygen atoms in total. The molecule has 2 rings (SSSR count). The van der Waals surface area contributed by atoms with Gasteiger partial charge in [-0.15, -0.1) is 0 Å². The molecule has 0 radical (unpaired) electrons. The first-order chi connectivity index (χ1) is 13.9. The highest BCUT2D eigenvalue weighted by atomic mass is 32.2. The average Bonchev–Trinajstić information content (AvgIpc) is 2.64. The van der Waals surface area contributed by atoms with Crippen LogP contribution in [0.5, 0.6) is 0 Å². The van der Waals surface area contributed by atoms with Crippen LogP contribution in [0, 0.1) is 12.3 Å². The normalized spacial score (nSPS) is 18.3. The summed E-state index contributed by atoms with van der Waals surface area (Å²) in [4.78, 5) is 23.8. The Morgan fingerprint density at radius 2 is 1.77 bits per heavy atom. The molecule has 0 aliphatic heterocycles. The molecule has 30 heavy (non-hydrogen) atoms. The maximum atomic E-state index is 13.7. The van der Waals surface area contributed by atoms with Crippen LogP contribution >= 0.6 is 0 Å². The number of esters is 1. The quantitative estimate of drug-likeness (QED) is 0.459. The fourth-order valence-corrected chi connectivity index (χ4v) is 6.15. The molecule has 0 amide bonds. The van der Waals surface area contributed by atoms with Gasteiger partial charge < -0.3 is 4.74 Å². The van der Waals surface area contributed by atoms with Crippen LogP contribution < -0.4 is 0 Å². The van der Waals surface area contributed by atoms with Crippen molar-refractivity contribution in [2.45, 2.75) is 71.0 Å². The number of carbonyl (C=O) groups excluding carboxylic acids is 2. The third kappa shape index (κ3) is 5.48. The number of allylic oxidation sites excluding steroid dienone is 2. The number of rotatable bonds is 7. The highest BCUT2D eigenvalue weighted by Gasteiger charge is 2.42. The molecule has 1 atom stereocenters. The lowest BCUT2D eigenvalue weighted by atomic mass is 9.70. The highest BCUT2D eigenvalue weighted by Crippen LogP contribution is 2.45. The Hall–Kier alpha value is -2.21. The summed E-state index contributed by atoms with van der Waals surface area (Å²) in [7, 11) is -3.74. The van der Waals surface area contributed by atoms with E-state index in [4.69, 9.17) is 4.74 Å². The number of hydrogen-bond acceptors (Lipinski definition) is 5. The number of benzene rings is 1. The summed E-state index contributed by atoms with van der Waals surface area (Å²) in [5.41, 5.74) is 2.62. The van der Waals surface area contributed by atoms with Crippen LogP contribution in [0.4, 0.5) is 0 Å². The summed E-state index contributed by atoms with van der Waals surface area (Å²) in [5, 5.41) is -0.854. The van der Waals surface area contributed by atoms with Gasteiger partial charge in [0.1, 0.15) is 6.61 Å². The van der Waals surface area contributed by atoms with Crippen molar-refractivity contribution < 1.29 is 22.7 Å². The van der Waals surface area contributed by atoms with Gasteiger partial charge in [-0.1, -0.05) is 37.1 Å². The largest absolute Gasteiger partial charge is 0.462 e. The summed E-state index contributed by atoms with van der Waals surface area (Å²) >= 11 is 0. The zero-order chi connectivity index (χ0) is 22.7. The zero-order valence-electron chi connectivity index (χ0n) is 18.7. The summed E-state index contributed by atoms with van der Waals surface area (Å²) in [6, 6.07) is 6.82. The number of ether oxygens (including phenoxy) is 1. The van der Waals surface area contributed by atoms with Crippen LogP contribution in [0.1, 0.15) is 59.4 Å². The lowest BCUT2D eigenvalue weighted by Crippen LogP contribution is -2.37. The van der Waals surface area contributed by atoms with Crippen LogP contribution in [0.2, 0.25) is 0 Å². The van der Waals surface area contributed by atoms with Gasteiger partial charge in [0.05, 0.1) is 10.1 Å². The summed E-state index contributed by atoms with van der Waals surface area (Å²) in [5.74, 6) is -0.379. The van der Waals surface area contributed by atoms with Gasteiger partial charge in [-0.25, -0.2) is 8.42 Å². The average molecular weight is 433 g/mol. The molecule has 0 aromatic heterocycles. The predicted octanol–water partition coefficient (Wildman–Crippen LogP) is 4.74. The standard InChI is InChI=1S/C24H32O5S/c1-16-7-9-20(10-8-16)30(27,28)22(15-17(2)12-14-29-19(4)25)23-18(3)21(26)11-13-24(23,5)6/h7-10,12,22H,11,13-15H2,1-6H3/b17-12+. The first-order valence-electron chi connectivity index (χ1n) is 10.2. The van der Waals surface area contributed by atoms with E-state index in [1.165, 1.54) is 6.92 Å². The molecule has 0 saturated heterocycles. The van der Waals surface area contributed by atoms with E-state index in [1.54, 1.807) is 37.3 Å². The van der Waals surface area contributed by atoms with Crippen molar-refractivity contribution in [1.82, 2.24) is 0 Å². The number of carbonyl (C=O) groups is 2. The number of sulfone groups is 1. The Morgan fingerprint density at radius 1 is 1.17 bits per heavy atom. The van der Waals surface area contributed by atoms with Gasteiger partial charge >= 0.3 is 5.97 Å². The van der Waals surface area contributed by atoms with Crippen LogP contribution in [0.25, 0.3) is 0 Å². The van der Waals surface area contributed by atoms with Gasteiger partial charge in [0.2, 0.25) is 0 Å². The first kappa shape index (κ1) is 24.1. The lowest BCUT2D eigenvalue weighted by Gasteiger charge is -2.38. The molecule has 0 bridgehead atoms. The number of Topliss-reactive ketones (excluding diaryl/α,β-unsaturated/α-hetero) is 1. The van der Waals surface area contributed by atoms with Gasteiger partial charge in [-0.2, -0.15) is 0 Å². The van der Waals surface area contributed by atoms with Gasteiger partial charge in [-0.3, -0.25) is 9.59 Å². The van der Waals surface area contributed by atoms with Crippen LogP contribution in [-0.4, -0.2) is 32.0 Å². The third-order valence-electron chi connectivity index (χ3n) is 5.80. The zero-order valence-corrected chi connectivity index (χ0v) is 19.6. The van der Waals surface area contributed by atoms with Crippen molar-refractivity contribution in [1.29, 1.82) is 0 Å². The van der Waals surface area contributed by atoms with Gasteiger partial charge in [-0.05, 0) is 68.4 Å². The molecule has 6 heteroatoms. The molecule has 0 N–H and O–H groups in total. The second-order valence-electron chi connectivity index (χ2n) is 8.75.